The van der Waals surface area contributed by atoms with Crippen molar-refractivity contribution in [3.8, 4) is 0 Å². The highest BCUT2D eigenvalue weighted by Gasteiger charge is 2.46. The summed E-state index contributed by atoms with van der Waals surface area (Å²) < 4.78 is 4.62. The minimum atomic E-state index is -0.0599. The predicted octanol–water partition coefficient (Wildman–Crippen LogP) is 3.94. The molecular formula is C15H26O2. The Bertz CT molecular complexity index is 245. The van der Waals surface area contributed by atoms with Crippen molar-refractivity contribution < 1.29 is 9.53 Å². The standard InChI is InChI=1S/C15H26O2/c1-17-15(16)8-6-4-2-3-5-7-13-11-14(13)12-9-10-12/h12-14H,2-11H2,1H3/t13-,14+/m0/s1. The molecule has 0 saturated heterocycles. The van der Waals surface area contributed by atoms with E-state index in [0.29, 0.717) is 6.42 Å². The molecule has 2 atom stereocenters. The van der Waals surface area contributed by atoms with Crippen LogP contribution in [0.5, 0.6) is 0 Å². The second-order valence-electron chi connectivity index (χ2n) is 5.88. The molecule has 17 heavy (non-hydrogen) atoms. The van der Waals surface area contributed by atoms with Gasteiger partial charge >= 0.3 is 5.97 Å². The molecule has 98 valence electrons. The summed E-state index contributed by atoms with van der Waals surface area (Å²) in [7, 11) is 1.47. The van der Waals surface area contributed by atoms with E-state index in [1.807, 2.05) is 0 Å². The summed E-state index contributed by atoms with van der Waals surface area (Å²) in [5.41, 5.74) is 0. The third kappa shape index (κ3) is 4.69. The van der Waals surface area contributed by atoms with Crippen molar-refractivity contribution in [1.29, 1.82) is 0 Å². The van der Waals surface area contributed by atoms with Crippen molar-refractivity contribution in [2.24, 2.45) is 17.8 Å². The molecule has 0 spiro atoms. The van der Waals surface area contributed by atoms with Crippen LogP contribution in [-0.2, 0) is 9.53 Å². The van der Waals surface area contributed by atoms with Gasteiger partial charge in [0.1, 0.15) is 0 Å². The van der Waals surface area contributed by atoms with Crippen molar-refractivity contribution in [2.45, 2.75) is 64.2 Å². The number of rotatable bonds is 9. The van der Waals surface area contributed by atoms with Gasteiger partial charge in [-0.3, -0.25) is 4.79 Å². The summed E-state index contributed by atoms with van der Waals surface area (Å²) in [6, 6.07) is 0. The monoisotopic (exact) mass is 238 g/mol. The summed E-state index contributed by atoms with van der Waals surface area (Å²) >= 11 is 0. The Kier molecular flexibility index (Phi) is 4.87. The molecule has 0 aromatic heterocycles. The molecule has 2 saturated carbocycles. The van der Waals surface area contributed by atoms with Crippen molar-refractivity contribution in [2.75, 3.05) is 7.11 Å². The molecule has 0 aromatic rings. The summed E-state index contributed by atoms with van der Waals surface area (Å²) in [4.78, 5) is 10.9. The van der Waals surface area contributed by atoms with E-state index in [9.17, 15) is 4.79 Å². The van der Waals surface area contributed by atoms with E-state index >= 15 is 0 Å². The van der Waals surface area contributed by atoms with Gasteiger partial charge in [-0.1, -0.05) is 32.1 Å². The van der Waals surface area contributed by atoms with E-state index < -0.39 is 0 Å². The second kappa shape index (κ2) is 6.42. The van der Waals surface area contributed by atoms with Crippen LogP contribution in [0, 0.1) is 17.8 Å². The first-order valence-corrected chi connectivity index (χ1v) is 7.38. The van der Waals surface area contributed by atoms with Crippen LogP contribution in [-0.4, -0.2) is 13.1 Å². The van der Waals surface area contributed by atoms with Gasteiger partial charge in [0.2, 0.25) is 0 Å². The zero-order chi connectivity index (χ0) is 12.1. The second-order valence-corrected chi connectivity index (χ2v) is 5.88. The largest absolute Gasteiger partial charge is 0.469 e. The quantitative estimate of drug-likeness (QED) is 0.449. The van der Waals surface area contributed by atoms with E-state index in [0.717, 1.165) is 24.2 Å². The number of esters is 1. The molecule has 0 radical (unpaired) electrons. The number of carbonyl (C=O) groups is 1. The highest BCUT2D eigenvalue weighted by atomic mass is 16.5. The van der Waals surface area contributed by atoms with Crippen LogP contribution in [0.15, 0.2) is 0 Å². The molecule has 2 aliphatic carbocycles. The summed E-state index contributed by atoms with van der Waals surface area (Å²) in [6.45, 7) is 0. The molecular weight excluding hydrogens is 212 g/mol. The third-order valence-corrected chi connectivity index (χ3v) is 4.39. The molecule has 0 amide bonds. The fraction of sp³-hybridized carbons (Fsp3) is 0.933. The topological polar surface area (TPSA) is 26.3 Å². The van der Waals surface area contributed by atoms with Gasteiger partial charge in [0.25, 0.3) is 0 Å². The first-order chi connectivity index (χ1) is 8.31. The van der Waals surface area contributed by atoms with Crippen LogP contribution >= 0.6 is 0 Å². The average Bonchev–Trinajstić information content (AvgIpc) is 3.18. The molecule has 0 aliphatic heterocycles. The zero-order valence-electron chi connectivity index (χ0n) is 11.1. The molecule has 0 bridgehead atoms. The van der Waals surface area contributed by atoms with Gasteiger partial charge in [-0.15, -0.1) is 0 Å². The smallest absolute Gasteiger partial charge is 0.305 e. The van der Waals surface area contributed by atoms with Gasteiger partial charge in [-0.2, -0.15) is 0 Å². The summed E-state index contributed by atoms with van der Waals surface area (Å²) in [6.07, 6.45) is 12.9. The van der Waals surface area contributed by atoms with E-state index in [1.165, 1.54) is 58.5 Å². The first-order valence-electron chi connectivity index (χ1n) is 7.38. The Hall–Kier alpha value is -0.530. The van der Waals surface area contributed by atoms with Crippen LogP contribution in [0.1, 0.15) is 64.2 Å². The van der Waals surface area contributed by atoms with E-state index in [-0.39, 0.29) is 5.97 Å². The minimum absolute atomic E-state index is 0.0599. The summed E-state index contributed by atoms with van der Waals surface area (Å²) in [5, 5.41) is 0. The molecule has 2 nitrogen and oxygen atoms in total. The number of hydrogen-bond donors (Lipinski definition) is 0. The third-order valence-electron chi connectivity index (χ3n) is 4.39. The normalized spacial score (nSPS) is 26.9. The maximum atomic E-state index is 10.9. The van der Waals surface area contributed by atoms with Crippen LogP contribution in [0.2, 0.25) is 0 Å². The van der Waals surface area contributed by atoms with Gasteiger partial charge in [0.05, 0.1) is 7.11 Å². The average molecular weight is 238 g/mol. The Morgan fingerprint density at radius 2 is 1.82 bits per heavy atom. The van der Waals surface area contributed by atoms with Crippen LogP contribution < -0.4 is 0 Å². The molecule has 2 heteroatoms. The lowest BCUT2D eigenvalue weighted by molar-refractivity contribution is -0.140. The fourth-order valence-electron chi connectivity index (χ4n) is 3.01. The van der Waals surface area contributed by atoms with Crippen molar-refractivity contribution >= 4 is 5.97 Å². The zero-order valence-corrected chi connectivity index (χ0v) is 11.1. The highest BCUT2D eigenvalue weighted by molar-refractivity contribution is 5.68. The van der Waals surface area contributed by atoms with Gasteiger partial charge in [0, 0.05) is 6.42 Å². The lowest BCUT2D eigenvalue weighted by Crippen LogP contribution is -1.99. The molecule has 0 heterocycles. The van der Waals surface area contributed by atoms with Crippen LogP contribution in [0.3, 0.4) is 0 Å². The van der Waals surface area contributed by atoms with Crippen LogP contribution in [0.4, 0.5) is 0 Å². The van der Waals surface area contributed by atoms with Gasteiger partial charge in [0.15, 0.2) is 0 Å². The van der Waals surface area contributed by atoms with Crippen molar-refractivity contribution in [1.82, 2.24) is 0 Å². The van der Waals surface area contributed by atoms with Gasteiger partial charge in [-0.25, -0.2) is 0 Å². The Balaban J connectivity index is 1.34. The number of hydrogen-bond acceptors (Lipinski definition) is 2. The Labute approximate surface area is 105 Å². The lowest BCUT2D eigenvalue weighted by Gasteiger charge is -2.01. The maximum absolute atomic E-state index is 10.9. The SMILES string of the molecule is COC(=O)CCCCCCC[C@H]1C[C@@H]1C1CC1. The molecule has 0 unspecified atom stereocenters. The van der Waals surface area contributed by atoms with Gasteiger partial charge in [-0.05, 0) is 43.4 Å². The predicted molar refractivity (Wildman–Crippen MR) is 68.7 cm³/mol. The highest BCUT2D eigenvalue weighted by Crippen LogP contribution is 2.56. The fourth-order valence-corrected chi connectivity index (χ4v) is 3.01. The molecule has 2 aliphatic rings. The van der Waals surface area contributed by atoms with E-state index in [2.05, 4.69) is 4.74 Å². The van der Waals surface area contributed by atoms with E-state index in [4.69, 9.17) is 0 Å². The lowest BCUT2D eigenvalue weighted by atomic mass is 10.1. The molecule has 0 N–H and O–H groups in total. The Morgan fingerprint density at radius 3 is 2.53 bits per heavy atom. The first kappa shape index (κ1) is 12.9. The van der Waals surface area contributed by atoms with Crippen molar-refractivity contribution in [3.05, 3.63) is 0 Å². The van der Waals surface area contributed by atoms with Gasteiger partial charge < -0.3 is 4.74 Å². The van der Waals surface area contributed by atoms with E-state index in [1.54, 1.807) is 0 Å². The number of ether oxygens (including phenoxy) is 1. The Morgan fingerprint density at radius 1 is 1.12 bits per heavy atom. The minimum Gasteiger partial charge on any atom is -0.469 e. The molecule has 2 rings (SSSR count). The van der Waals surface area contributed by atoms with Crippen LogP contribution in [0.25, 0.3) is 0 Å². The number of carbonyl (C=O) groups excluding carboxylic acids is 1. The number of unbranched alkanes of at least 4 members (excludes halogenated alkanes) is 4. The molecule has 2 fully saturated rings. The van der Waals surface area contributed by atoms with Crippen molar-refractivity contribution in [3.63, 3.8) is 0 Å². The maximum Gasteiger partial charge on any atom is 0.305 e. The summed E-state index contributed by atoms with van der Waals surface area (Å²) in [5.74, 6) is 3.31. The number of methoxy groups -OCH3 is 1. The molecule has 0 aromatic carbocycles.